The normalized spacial score (nSPS) is 11.0. The lowest BCUT2D eigenvalue weighted by Crippen LogP contribution is -2.38. The summed E-state index contributed by atoms with van der Waals surface area (Å²) in [4.78, 5) is 26.3. The number of hydrogen-bond donors (Lipinski definition) is 3. The van der Waals surface area contributed by atoms with E-state index < -0.39 is 11.9 Å². The first-order chi connectivity index (χ1) is 9.67. The third-order valence-corrected chi connectivity index (χ3v) is 2.48. The molecule has 0 spiro atoms. The lowest BCUT2D eigenvalue weighted by atomic mass is 10.1. The van der Waals surface area contributed by atoms with Gasteiger partial charge >= 0.3 is 6.03 Å². The molecule has 21 heavy (non-hydrogen) atoms. The first-order valence-corrected chi connectivity index (χ1v) is 6.61. The monoisotopic (exact) mass is 294 g/mol. The molecule has 3 amide bonds. The van der Waals surface area contributed by atoms with Crippen molar-refractivity contribution in [3.05, 3.63) is 23.5 Å². The van der Waals surface area contributed by atoms with Crippen molar-refractivity contribution in [2.24, 2.45) is 5.73 Å². The van der Waals surface area contributed by atoms with Crippen LogP contribution in [0.3, 0.4) is 0 Å². The lowest BCUT2D eigenvalue weighted by molar-refractivity contribution is -0.121. The van der Waals surface area contributed by atoms with Crippen molar-refractivity contribution in [3.63, 3.8) is 0 Å². The number of nitrogens with one attached hydrogen (secondary N) is 2. The molecule has 116 valence electrons. The van der Waals surface area contributed by atoms with Crippen LogP contribution in [0.4, 0.5) is 4.79 Å². The smallest absolute Gasteiger partial charge is 0.318 e. The SMILES string of the molecule is Cc1ccc(OCC(=O)NC(N)=O)c(CNC(C)(C)C)n1. The Morgan fingerprint density at radius 3 is 2.57 bits per heavy atom. The molecule has 0 fully saturated rings. The maximum Gasteiger partial charge on any atom is 0.318 e. The first kappa shape index (κ1) is 16.9. The van der Waals surface area contributed by atoms with Crippen LogP contribution in [0.1, 0.15) is 32.2 Å². The summed E-state index contributed by atoms with van der Waals surface area (Å²) < 4.78 is 5.40. The number of amides is 3. The molecule has 0 aliphatic carbocycles. The summed E-state index contributed by atoms with van der Waals surface area (Å²) in [5.41, 5.74) is 6.36. The number of pyridine rings is 1. The van der Waals surface area contributed by atoms with Crippen LogP contribution in [0, 0.1) is 6.92 Å². The molecule has 0 radical (unpaired) electrons. The van der Waals surface area contributed by atoms with Crippen molar-refractivity contribution in [1.29, 1.82) is 0 Å². The minimum Gasteiger partial charge on any atom is -0.482 e. The molecular weight excluding hydrogens is 272 g/mol. The quantitative estimate of drug-likeness (QED) is 0.746. The predicted octanol–water partition coefficient (Wildman–Crippen LogP) is 0.852. The number of nitrogens with two attached hydrogens (primary N) is 1. The Bertz CT molecular complexity index is 523. The fraction of sp³-hybridized carbons (Fsp3) is 0.500. The van der Waals surface area contributed by atoms with Gasteiger partial charge in [-0.05, 0) is 39.8 Å². The van der Waals surface area contributed by atoms with E-state index in [1.54, 1.807) is 12.1 Å². The molecule has 0 saturated heterocycles. The van der Waals surface area contributed by atoms with Gasteiger partial charge in [0.05, 0.1) is 5.69 Å². The highest BCUT2D eigenvalue weighted by atomic mass is 16.5. The molecule has 1 rings (SSSR count). The second kappa shape index (κ2) is 7.03. The van der Waals surface area contributed by atoms with E-state index >= 15 is 0 Å². The number of aromatic nitrogens is 1. The number of aryl methyl sites for hydroxylation is 1. The maximum atomic E-state index is 11.3. The summed E-state index contributed by atoms with van der Waals surface area (Å²) in [5, 5.41) is 5.25. The van der Waals surface area contributed by atoms with Crippen molar-refractivity contribution in [2.45, 2.75) is 39.8 Å². The van der Waals surface area contributed by atoms with Crippen LogP contribution < -0.4 is 21.1 Å². The summed E-state index contributed by atoms with van der Waals surface area (Å²) in [6.07, 6.45) is 0. The second-order valence-electron chi connectivity index (χ2n) is 5.70. The van der Waals surface area contributed by atoms with Crippen molar-refractivity contribution in [1.82, 2.24) is 15.6 Å². The highest BCUT2D eigenvalue weighted by molar-refractivity contribution is 5.94. The van der Waals surface area contributed by atoms with Gasteiger partial charge in [-0.25, -0.2) is 4.79 Å². The number of ether oxygens (including phenoxy) is 1. The summed E-state index contributed by atoms with van der Waals surface area (Å²) >= 11 is 0. The lowest BCUT2D eigenvalue weighted by Gasteiger charge is -2.21. The number of rotatable bonds is 5. The number of carbonyl (C=O) groups excluding carboxylic acids is 2. The standard InChI is InChI=1S/C14H22N4O3/c1-9-5-6-11(21-8-12(19)18-13(15)20)10(17-9)7-16-14(2,3)4/h5-6,16H,7-8H2,1-4H3,(H3,15,18,19,20). The number of carbonyl (C=O) groups is 2. The van der Waals surface area contributed by atoms with Gasteiger partial charge in [0.1, 0.15) is 5.75 Å². The van der Waals surface area contributed by atoms with Gasteiger partial charge in [-0.1, -0.05) is 0 Å². The zero-order chi connectivity index (χ0) is 16.0. The van der Waals surface area contributed by atoms with Crippen molar-refractivity contribution in [3.8, 4) is 5.75 Å². The molecule has 0 aliphatic heterocycles. The summed E-state index contributed by atoms with van der Waals surface area (Å²) in [6, 6.07) is 2.64. The number of nitrogens with zero attached hydrogens (tertiary/aromatic N) is 1. The topological polar surface area (TPSA) is 106 Å². The van der Waals surface area contributed by atoms with E-state index in [1.165, 1.54) is 0 Å². The molecule has 7 heteroatoms. The van der Waals surface area contributed by atoms with E-state index in [-0.39, 0.29) is 12.1 Å². The number of hydrogen-bond acceptors (Lipinski definition) is 5. The molecule has 1 aromatic rings. The Kier molecular flexibility index (Phi) is 5.66. The number of urea groups is 1. The van der Waals surface area contributed by atoms with E-state index in [0.29, 0.717) is 18.0 Å². The van der Waals surface area contributed by atoms with Crippen LogP contribution in [0.15, 0.2) is 12.1 Å². The molecule has 1 heterocycles. The Morgan fingerprint density at radius 2 is 2.00 bits per heavy atom. The summed E-state index contributed by atoms with van der Waals surface area (Å²) in [7, 11) is 0. The van der Waals surface area contributed by atoms with E-state index in [2.05, 4.69) is 10.3 Å². The van der Waals surface area contributed by atoms with Crippen molar-refractivity contribution in [2.75, 3.05) is 6.61 Å². The highest BCUT2D eigenvalue weighted by Crippen LogP contribution is 2.17. The Morgan fingerprint density at radius 1 is 1.33 bits per heavy atom. The van der Waals surface area contributed by atoms with Crippen LogP contribution >= 0.6 is 0 Å². The fourth-order valence-corrected chi connectivity index (χ4v) is 1.52. The molecule has 0 bridgehead atoms. The van der Waals surface area contributed by atoms with Gasteiger partial charge < -0.3 is 15.8 Å². The Hall–Kier alpha value is -2.15. The average molecular weight is 294 g/mol. The molecule has 0 aliphatic rings. The molecule has 0 unspecified atom stereocenters. The third-order valence-electron chi connectivity index (χ3n) is 2.48. The summed E-state index contributed by atoms with van der Waals surface area (Å²) in [6.45, 7) is 8.23. The van der Waals surface area contributed by atoms with E-state index in [1.807, 2.05) is 33.0 Å². The highest BCUT2D eigenvalue weighted by Gasteiger charge is 2.13. The maximum absolute atomic E-state index is 11.3. The Balaban J connectivity index is 2.72. The largest absolute Gasteiger partial charge is 0.482 e. The second-order valence-corrected chi connectivity index (χ2v) is 5.70. The molecular formula is C14H22N4O3. The molecule has 0 aromatic carbocycles. The first-order valence-electron chi connectivity index (χ1n) is 6.61. The van der Waals surface area contributed by atoms with Gasteiger partial charge in [0, 0.05) is 17.8 Å². The van der Waals surface area contributed by atoms with Crippen LogP contribution in [-0.4, -0.2) is 29.1 Å². The zero-order valence-corrected chi connectivity index (χ0v) is 12.8. The van der Waals surface area contributed by atoms with Gasteiger partial charge in [0.2, 0.25) is 0 Å². The summed E-state index contributed by atoms with van der Waals surface area (Å²) in [5.74, 6) is -0.102. The van der Waals surface area contributed by atoms with Gasteiger partial charge in [0.15, 0.2) is 6.61 Å². The van der Waals surface area contributed by atoms with Gasteiger partial charge in [-0.3, -0.25) is 15.1 Å². The van der Waals surface area contributed by atoms with Gasteiger partial charge in [0.25, 0.3) is 5.91 Å². The Labute approximate surface area is 124 Å². The average Bonchev–Trinajstić information content (AvgIpc) is 2.33. The zero-order valence-electron chi connectivity index (χ0n) is 12.8. The van der Waals surface area contributed by atoms with Crippen LogP contribution in [0.2, 0.25) is 0 Å². The molecule has 7 nitrogen and oxygen atoms in total. The molecule has 0 saturated carbocycles. The van der Waals surface area contributed by atoms with Gasteiger partial charge in [-0.15, -0.1) is 0 Å². The molecule has 4 N–H and O–H groups in total. The van der Waals surface area contributed by atoms with Crippen molar-refractivity contribution >= 4 is 11.9 Å². The van der Waals surface area contributed by atoms with Crippen LogP contribution in [0.25, 0.3) is 0 Å². The minimum atomic E-state index is -0.903. The van der Waals surface area contributed by atoms with E-state index in [4.69, 9.17) is 10.5 Å². The van der Waals surface area contributed by atoms with Crippen LogP contribution in [0.5, 0.6) is 5.75 Å². The van der Waals surface area contributed by atoms with E-state index in [0.717, 1.165) is 5.69 Å². The van der Waals surface area contributed by atoms with E-state index in [9.17, 15) is 9.59 Å². The minimum absolute atomic E-state index is 0.0635. The third kappa shape index (κ3) is 6.71. The predicted molar refractivity (Wildman–Crippen MR) is 78.8 cm³/mol. The molecule has 1 aromatic heterocycles. The van der Waals surface area contributed by atoms with Crippen molar-refractivity contribution < 1.29 is 14.3 Å². The fourth-order valence-electron chi connectivity index (χ4n) is 1.52. The number of primary amides is 1. The van der Waals surface area contributed by atoms with Crippen LogP contribution in [-0.2, 0) is 11.3 Å². The molecule has 0 atom stereocenters. The number of imide groups is 1. The van der Waals surface area contributed by atoms with Gasteiger partial charge in [-0.2, -0.15) is 0 Å².